The summed E-state index contributed by atoms with van der Waals surface area (Å²) in [5.41, 5.74) is 2.97. The molecule has 1 aromatic carbocycles. The highest BCUT2D eigenvalue weighted by molar-refractivity contribution is 5.81. The fraction of sp³-hybridized carbons (Fsp3) is 0.286. The number of rotatable bonds is 3. The van der Waals surface area contributed by atoms with Crippen molar-refractivity contribution in [2.24, 2.45) is 0 Å². The Kier molecular flexibility index (Phi) is 3.09. The van der Waals surface area contributed by atoms with E-state index in [2.05, 4.69) is 11.6 Å². The largest absolute Gasteiger partial charge is 0.298 e. The fourth-order valence-electron chi connectivity index (χ4n) is 2.02. The molecule has 0 amide bonds. The summed E-state index contributed by atoms with van der Waals surface area (Å²) in [6, 6.07) is 3.95. The summed E-state index contributed by atoms with van der Waals surface area (Å²) in [5, 5.41) is 0.703. The van der Waals surface area contributed by atoms with Gasteiger partial charge in [0.15, 0.2) is 0 Å². The summed E-state index contributed by atoms with van der Waals surface area (Å²) in [6.45, 7) is 8.27. The zero-order valence-corrected chi connectivity index (χ0v) is 10.2. The van der Waals surface area contributed by atoms with Crippen molar-refractivity contribution < 1.29 is 0 Å². The van der Waals surface area contributed by atoms with E-state index >= 15 is 0 Å². The van der Waals surface area contributed by atoms with Gasteiger partial charge >= 0.3 is 0 Å². The van der Waals surface area contributed by atoms with Crippen molar-refractivity contribution in [1.29, 1.82) is 0 Å². The molecule has 0 aliphatic rings. The molecule has 0 aliphatic heterocycles. The molecule has 17 heavy (non-hydrogen) atoms. The number of allylic oxidation sites excluding steroid dienone is 1. The van der Waals surface area contributed by atoms with Crippen molar-refractivity contribution in [3.63, 3.8) is 0 Å². The molecule has 1 aromatic heterocycles. The first-order valence-corrected chi connectivity index (χ1v) is 5.71. The molecule has 0 fully saturated rings. The number of benzene rings is 1. The van der Waals surface area contributed by atoms with Crippen LogP contribution in [0.1, 0.15) is 17.5 Å². The smallest absolute Gasteiger partial charge is 0.261 e. The van der Waals surface area contributed by atoms with E-state index in [1.54, 1.807) is 17.0 Å². The van der Waals surface area contributed by atoms with E-state index in [-0.39, 0.29) is 5.56 Å². The van der Waals surface area contributed by atoms with Gasteiger partial charge in [-0.3, -0.25) is 9.36 Å². The topological polar surface area (TPSA) is 34.9 Å². The predicted octanol–water partition coefficient (Wildman–Crippen LogP) is 2.59. The van der Waals surface area contributed by atoms with E-state index in [0.29, 0.717) is 11.9 Å². The highest BCUT2D eigenvalue weighted by atomic mass is 16.1. The van der Waals surface area contributed by atoms with Gasteiger partial charge in [-0.1, -0.05) is 12.1 Å². The van der Waals surface area contributed by atoms with Crippen LogP contribution in [0.25, 0.3) is 10.9 Å². The second kappa shape index (κ2) is 4.53. The number of aromatic nitrogens is 2. The van der Waals surface area contributed by atoms with Crippen molar-refractivity contribution in [2.45, 2.75) is 26.8 Å². The summed E-state index contributed by atoms with van der Waals surface area (Å²) in [5.74, 6) is 0. The Balaban J connectivity index is 2.66. The van der Waals surface area contributed by atoms with Crippen molar-refractivity contribution in [3.8, 4) is 0 Å². The Morgan fingerprint density at radius 2 is 2.18 bits per heavy atom. The van der Waals surface area contributed by atoms with Crippen LogP contribution >= 0.6 is 0 Å². The van der Waals surface area contributed by atoms with E-state index in [1.807, 2.05) is 26.0 Å². The third-order valence-electron chi connectivity index (χ3n) is 2.84. The Morgan fingerprint density at radius 1 is 1.41 bits per heavy atom. The minimum Gasteiger partial charge on any atom is -0.298 e. The first kappa shape index (κ1) is 11.6. The minimum atomic E-state index is 0.0312. The SMILES string of the molecule is C=CCCn1cnc2c(C)cc(C)cc2c1=O. The summed E-state index contributed by atoms with van der Waals surface area (Å²) in [6.07, 6.45) is 4.20. The summed E-state index contributed by atoms with van der Waals surface area (Å²) < 4.78 is 1.64. The lowest BCUT2D eigenvalue weighted by atomic mass is 10.1. The molecular formula is C14H16N2O. The zero-order valence-electron chi connectivity index (χ0n) is 10.2. The van der Waals surface area contributed by atoms with Crippen LogP contribution in [0.2, 0.25) is 0 Å². The number of fused-ring (bicyclic) bond motifs is 1. The molecule has 0 aliphatic carbocycles. The zero-order chi connectivity index (χ0) is 12.4. The van der Waals surface area contributed by atoms with E-state index in [9.17, 15) is 4.79 Å². The quantitative estimate of drug-likeness (QED) is 0.757. The van der Waals surface area contributed by atoms with Crippen LogP contribution < -0.4 is 5.56 Å². The fourth-order valence-corrected chi connectivity index (χ4v) is 2.02. The third kappa shape index (κ3) is 2.13. The molecule has 1 heterocycles. The highest BCUT2D eigenvalue weighted by Crippen LogP contribution is 2.14. The summed E-state index contributed by atoms with van der Waals surface area (Å²) in [4.78, 5) is 16.6. The minimum absolute atomic E-state index is 0.0312. The van der Waals surface area contributed by atoms with Crippen LogP contribution in [0.15, 0.2) is 35.9 Å². The van der Waals surface area contributed by atoms with Crippen LogP contribution in [0.5, 0.6) is 0 Å². The molecule has 3 heteroatoms. The summed E-state index contributed by atoms with van der Waals surface area (Å²) in [7, 11) is 0. The van der Waals surface area contributed by atoms with Crippen molar-refractivity contribution in [3.05, 3.63) is 52.6 Å². The molecule has 88 valence electrons. The molecule has 0 spiro atoms. The van der Waals surface area contributed by atoms with Gasteiger partial charge < -0.3 is 0 Å². The number of aryl methyl sites for hydroxylation is 3. The predicted molar refractivity (Wildman–Crippen MR) is 70.3 cm³/mol. The van der Waals surface area contributed by atoms with Gasteiger partial charge in [-0.15, -0.1) is 6.58 Å². The average Bonchev–Trinajstić information content (AvgIpc) is 2.29. The van der Waals surface area contributed by atoms with Crippen LogP contribution in [0.4, 0.5) is 0 Å². The maximum Gasteiger partial charge on any atom is 0.261 e. The summed E-state index contributed by atoms with van der Waals surface area (Å²) >= 11 is 0. The van der Waals surface area contributed by atoms with Gasteiger partial charge in [-0.2, -0.15) is 0 Å². The second-order valence-corrected chi connectivity index (χ2v) is 4.30. The Bertz CT molecular complexity index is 626. The molecule has 0 saturated carbocycles. The lowest BCUT2D eigenvalue weighted by molar-refractivity contribution is 0.674. The molecule has 3 nitrogen and oxygen atoms in total. The van der Waals surface area contributed by atoms with E-state index in [0.717, 1.165) is 23.1 Å². The molecule has 2 aromatic rings. The van der Waals surface area contributed by atoms with Gasteiger partial charge in [0.05, 0.1) is 17.2 Å². The average molecular weight is 228 g/mol. The van der Waals surface area contributed by atoms with Gasteiger partial charge in [-0.25, -0.2) is 4.98 Å². The van der Waals surface area contributed by atoms with Crippen LogP contribution in [0, 0.1) is 13.8 Å². The Morgan fingerprint density at radius 3 is 2.88 bits per heavy atom. The van der Waals surface area contributed by atoms with Crippen LogP contribution in [-0.4, -0.2) is 9.55 Å². The molecule has 2 rings (SSSR count). The lowest BCUT2D eigenvalue weighted by Gasteiger charge is -2.07. The van der Waals surface area contributed by atoms with Crippen molar-refractivity contribution in [2.75, 3.05) is 0 Å². The van der Waals surface area contributed by atoms with Crippen molar-refractivity contribution >= 4 is 10.9 Å². The van der Waals surface area contributed by atoms with Gasteiger partial charge in [0.25, 0.3) is 5.56 Å². The maximum atomic E-state index is 12.2. The van der Waals surface area contributed by atoms with Gasteiger partial charge in [0.2, 0.25) is 0 Å². The van der Waals surface area contributed by atoms with E-state index in [1.165, 1.54) is 0 Å². The first-order valence-electron chi connectivity index (χ1n) is 5.71. The molecule has 0 N–H and O–H groups in total. The van der Waals surface area contributed by atoms with E-state index < -0.39 is 0 Å². The van der Waals surface area contributed by atoms with Crippen LogP contribution in [-0.2, 0) is 6.54 Å². The standard InChI is InChI=1S/C14H16N2O/c1-4-5-6-16-9-15-13-11(3)7-10(2)8-12(13)14(16)17/h4,7-9H,1,5-6H2,2-3H3. The first-order chi connectivity index (χ1) is 8.13. The Labute approximate surface area is 100 Å². The molecular weight excluding hydrogens is 212 g/mol. The maximum absolute atomic E-state index is 12.2. The Hall–Kier alpha value is -1.90. The van der Waals surface area contributed by atoms with Crippen LogP contribution in [0.3, 0.4) is 0 Å². The van der Waals surface area contributed by atoms with Gasteiger partial charge in [-0.05, 0) is 37.5 Å². The molecule has 0 bridgehead atoms. The van der Waals surface area contributed by atoms with E-state index in [4.69, 9.17) is 0 Å². The monoisotopic (exact) mass is 228 g/mol. The van der Waals surface area contributed by atoms with Crippen molar-refractivity contribution in [1.82, 2.24) is 9.55 Å². The van der Waals surface area contributed by atoms with Gasteiger partial charge in [0.1, 0.15) is 0 Å². The highest BCUT2D eigenvalue weighted by Gasteiger charge is 2.06. The number of hydrogen-bond donors (Lipinski definition) is 0. The van der Waals surface area contributed by atoms with Gasteiger partial charge in [0, 0.05) is 6.54 Å². The molecule has 0 unspecified atom stereocenters. The number of nitrogens with zero attached hydrogens (tertiary/aromatic N) is 2. The molecule has 0 saturated heterocycles. The molecule has 0 radical (unpaired) electrons. The third-order valence-corrected chi connectivity index (χ3v) is 2.84. The number of hydrogen-bond acceptors (Lipinski definition) is 2. The lowest BCUT2D eigenvalue weighted by Crippen LogP contribution is -2.20. The normalized spacial score (nSPS) is 10.7. The second-order valence-electron chi connectivity index (χ2n) is 4.30. The molecule has 0 atom stereocenters.